The monoisotopic (exact) mass is 411 g/mol. The zero-order valence-electron chi connectivity index (χ0n) is 17.9. The standard InChI is InChI=1S/C25H25N5O/c1-16-3-5-21-18(11-16)13-19(25(29-21)30-7-9-31-10-8-30)14-20(15-26)24-27-22-6-4-17(2)12-23(22)28-24/h3-6,11-13,20H,7-10,14H2,1-2H3,(H,27,28). The molecule has 0 aliphatic carbocycles. The first kappa shape index (κ1) is 19.5. The molecule has 3 heterocycles. The van der Waals surface area contributed by atoms with Crippen molar-refractivity contribution in [2.45, 2.75) is 26.2 Å². The number of nitriles is 1. The van der Waals surface area contributed by atoms with E-state index in [1.165, 1.54) is 11.1 Å². The van der Waals surface area contributed by atoms with Gasteiger partial charge in [-0.25, -0.2) is 9.97 Å². The lowest BCUT2D eigenvalue weighted by Crippen LogP contribution is -2.37. The maximum atomic E-state index is 10.0. The van der Waals surface area contributed by atoms with E-state index in [9.17, 15) is 5.26 Å². The number of ether oxygens (including phenoxy) is 1. The lowest BCUT2D eigenvalue weighted by molar-refractivity contribution is 0.122. The van der Waals surface area contributed by atoms with Gasteiger partial charge in [0.1, 0.15) is 17.6 Å². The van der Waals surface area contributed by atoms with Crippen LogP contribution < -0.4 is 4.90 Å². The molecule has 0 spiro atoms. The number of hydrogen-bond acceptors (Lipinski definition) is 5. The van der Waals surface area contributed by atoms with Crippen LogP contribution in [0.1, 0.15) is 28.4 Å². The molecule has 1 atom stereocenters. The SMILES string of the molecule is Cc1ccc2nc(N3CCOCC3)c(CC(C#N)c3nc4ccc(C)cc4[nH]3)cc2c1. The number of morpholine rings is 1. The fraction of sp³-hybridized carbons (Fsp3) is 0.320. The summed E-state index contributed by atoms with van der Waals surface area (Å²) in [6.07, 6.45) is 0.554. The highest BCUT2D eigenvalue weighted by molar-refractivity contribution is 5.83. The van der Waals surface area contributed by atoms with Crippen LogP contribution in [-0.2, 0) is 11.2 Å². The average Bonchev–Trinajstić information content (AvgIpc) is 3.20. The van der Waals surface area contributed by atoms with Crippen molar-refractivity contribution >= 4 is 27.8 Å². The molecule has 1 N–H and O–H groups in total. The summed E-state index contributed by atoms with van der Waals surface area (Å²) in [6.45, 7) is 7.13. The van der Waals surface area contributed by atoms with Crippen molar-refractivity contribution in [1.82, 2.24) is 15.0 Å². The second-order valence-electron chi connectivity index (χ2n) is 8.30. The van der Waals surface area contributed by atoms with Gasteiger partial charge in [0.2, 0.25) is 0 Å². The number of fused-ring (bicyclic) bond motifs is 2. The third kappa shape index (κ3) is 3.85. The van der Waals surface area contributed by atoms with Crippen molar-refractivity contribution in [3.63, 3.8) is 0 Å². The van der Waals surface area contributed by atoms with Crippen LogP contribution in [0.5, 0.6) is 0 Å². The molecular formula is C25H25N5O. The van der Waals surface area contributed by atoms with E-state index < -0.39 is 0 Å². The van der Waals surface area contributed by atoms with Gasteiger partial charge in [-0.1, -0.05) is 17.7 Å². The molecule has 0 bridgehead atoms. The number of nitrogens with zero attached hydrogens (tertiary/aromatic N) is 4. The molecule has 1 aliphatic heterocycles. The number of aromatic amines is 1. The predicted molar refractivity (Wildman–Crippen MR) is 122 cm³/mol. The van der Waals surface area contributed by atoms with Crippen molar-refractivity contribution in [3.8, 4) is 6.07 Å². The summed E-state index contributed by atoms with van der Waals surface area (Å²) < 4.78 is 5.54. The predicted octanol–water partition coefficient (Wildman–Crippen LogP) is 4.41. The van der Waals surface area contributed by atoms with Gasteiger partial charge in [0.25, 0.3) is 0 Å². The molecule has 31 heavy (non-hydrogen) atoms. The first-order chi connectivity index (χ1) is 15.1. The summed E-state index contributed by atoms with van der Waals surface area (Å²) in [5, 5.41) is 11.1. The summed E-state index contributed by atoms with van der Waals surface area (Å²) in [5.41, 5.74) is 6.27. The van der Waals surface area contributed by atoms with E-state index in [2.05, 4.69) is 60.1 Å². The van der Waals surface area contributed by atoms with Gasteiger partial charge in [0.05, 0.1) is 35.8 Å². The Bertz CT molecular complexity index is 1300. The minimum atomic E-state index is -0.378. The summed E-state index contributed by atoms with van der Waals surface area (Å²) >= 11 is 0. The number of H-pyrrole nitrogens is 1. The van der Waals surface area contributed by atoms with Crippen molar-refractivity contribution in [3.05, 3.63) is 65.0 Å². The van der Waals surface area contributed by atoms with Gasteiger partial charge >= 0.3 is 0 Å². The number of benzene rings is 2. The number of rotatable bonds is 4. The zero-order chi connectivity index (χ0) is 21.4. The van der Waals surface area contributed by atoms with Crippen molar-refractivity contribution in [1.29, 1.82) is 5.26 Å². The fourth-order valence-corrected chi connectivity index (χ4v) is 4.26. The van der Waals surface area contributed by atoms with Gasteiger partial charge in [-0.05, 0) is 61.7 Å². The second-order valence-corrected chi connectivity index (χ2v) is 8.30. The van der Waals surface area contributed by atoms with Crippen LogP contribution in [0.15, 0.2) is 42.5 Å². The molecular weight excluding hydrogens is 386 g/mol. The molecule has 6 heteroatoms. The van der Waals surface area contributed by atoms with Crippen LogP contribution in [0.25, 0.3) is 21.9 Å². The largest absolute Gasteiger partial charge is 0.378 e. The van der Waals surface area contributed by atoms with Gasteiger partial charge in [-0.15, -0.1) is 0 Å². The second kappa shape index (κ2) is 8.01. The Hall–Kier alpha value is -3.43. The molecule has 0 radical (unpaired) electrons. The Kier molecular flexibility index (Phi) is 5.05. The van der Waals surface area contributed by atoms with Gasteiger partial charge in [-0.2, -0.15) is 5.26 Å². The fourth-order valence-electron chi connectivity index (χ4n) is 4.26. The average molecular weight is 412 g/mol. The van der Waals surface area contributed by atoms with Gasteiger partial charge < -0.3 is 14.6 Å². The van der Waals surface area contributed by atoms with Gasteiger partial charge in [0.15, 0.2) is 0 Å². The first-order valence-electron chi connectivity index (χ1n) is 10.7. The van der Waals surface area contributed by atoms with E-state index >= 15 is 0 Å². The number of nitrogens with one attached hydrogen (secondary N) is 1. The van der Waals surface area contributed by atoms with Crippen molar-refractivity contribution < 1.29 is 4.74 Å². The van der Waals surface area contributed by atoms with Crippen LogP contribution in [0.3, 0.4) is 0 Å². The molecule has 2 aromatic carbocycles. The summed E-state index contributed by atoms with van der Waals surface area (Å²) in [7, 11) is 0. The topological polar surface area (TPSA) is 77.8 Å². The minimum Gasteiger partial charge on any atom is -0.378 e. The Labute approximate surface area is 181 Å². The minimum absolute atomic E-state index is 0.378. The molecule has 1 saturated heterocycles. The van der Waals surface area contributed by atoms with E-state index in [0.717, 1.165) is 46.4 Å². The summed E-state index contributed by atoms with van der Waals surface area (Å²) in [4.78, 5) is 15.4. The van der Waals surface area contributed by atoms with E-state index in [4.69, 9.17) is 14.7 Å². The number of aryl methyl sites for hydroxylation is 2. The molecule has 6 nitrogen and oxygen atoms in total. The van der Waals surface area contributed by atoms with Crippen LogP contribution in [0, 0.1) is 25.2 Å². The molecule has 156 valence electrons. The number of imidazole rings is 1. The van der Waals surface area contributed by atoms with Crippen molar-refractivity contribution in [2.24, 2.45) is 0 Å². The van der Waals surface area contributed by atoms with E-state index in [0.29, 0.717) is 25.5 Å². The molecule has 0 saturated carbocycles. The van der Waals surface area contributed by atoms with Crippen LogP contribution in [-0.4, -0.2) is 41.3 Å². The Morgan fingerprint density at radius 2 is 1.77 bits per heavy atom. The number of pyridine rings is 1. The van der Waals surface area contributed by atoms with Crippen LogP contribution >= 0.6 is 0 Å². The normalized spacial score (nSPS) is 15.3. The molecule has 0 amide bonds. The van der Waals surface area contributed by atoms with Gasteiger partial charge in [0, 0.05) is 18.5 Å². The summed E-state index contributed by atoms with van der Waals surface area (Å²) in [5.74, 6) is 1.28. The Balaban J connectivity index is 1.56. The molecule has 4 aromatic rings. The highest BCUT2D eigenvalue weighted by Crippen LogP contribution is 2.30. The lowest BCUT2D eigenvalue weighted by atomic mass is 9.98. The third-order valence-electron chi connectivity index (χ3n) is 5.90. The molecule has 2 aromatic heterocycles. The Morgan fingerprint density at radius 3 is 2.55 bits per heavy atom. The molecule has 1 aliphatic rings. The Morgan fingerprint density at radius 1 is 1.03 bits per heavy atom. The maximum absolute atomic E-state index is 10.0. The van der Waals surface area contributed by atoms with Crippen LogP contribution in [0.4, 0.5) is 5.82 Å². The quantitative estimate of drug-likeness (QED) is 0.538. The smallest absolute Gasteiger partial charge is 0.132 e. The first-order valence-corrected chi connectivity index (χ1v) is 10.7. The van der Waals surface area contributed by atoms with E-state index in [-0.39, 0.29) is 5.92 Å². The number of hydrogen-bond donors (Lipinski definition) is 1. The number of anilines is 1. The molecule has 1 fully saturated rings. The number of aromatic nitrogens is 3. The van der Waals surface area contributed by atoms with E-state index in [1.807, 2.05) is 12.1 Å². The zero-order valence-corrected chi connectivity index (χ0v) is 17.9. The summed E-state index contributed by atoms with van der Waals surface area (Å²) in [6, 6.07) is 17.1. The molecule has 5 rings (SSSR count). The highest BCUT2D eigenvalue weighted by atomic mass is 16.5. The lowest BCUT2D eigenvalue weighted by Gasteiger charge is -2.30. The van der Waals surface area contributed by atoms with Gasteiger partial charge in [-0.3, -0.25) is 0 Å². The maximum Gasteiger partial charge on any atom is 0.132 e. The van der Waals surface area contributed by atoms with E-state index in [1.54, 1.807) is 0 Å². The third-order valence-corrected chi connectivity index (χ3v) is 5.90. The molecule has 1 unspecified atom stereocenters. The van der Waals surface area contributed by atoms with Crippen LogP contribution in [0.2, 0.25) is 0 Å². The van der Waals surface area contributed by atoms with Crippen molar-refractivity contribution in [2.75, 3.05) is 31.2 Å². The highest BCUT2D eigenvalue weighted by Gasteiger charge is 2.22.